The zero-order chi connectivity index (χ0) is 9.26. The van der Waals surface area contributed by atoms with Crippen molar-refractivity contribution in [1.29, 1.82) is 0 Å². The lowest BCUT2D eigenvalue weighted by atomic mass is 10.2. The lowest BCUT2D eigenvalue weighted by Crippen LogP contribution is -1.99. The molecule has 0 saturated carbocycles. The summed E-state index contributed by atoms with van der Waals surface area (Å²) in [5.74, 6) is -0.241. The van der Waals surface area contributed by atoms with E-state index in [-0.39, 0.29) is 5.82 Å². The van der Waals surface area contributed by atoms with E-state index in [1.165, 1.54) is 10.9 Å². The van der Waals surface area contributed by atoms with Gasteiger partial charge in [-0.05, 0) is 18.6 Å². The summed E-state index contributed by atoms with van der Waals surface area (Å²) in [7, 11) is 0. The Morgan fingerprint density at radius 1 is 1.23 bits per heavy atom. The molecule has 0 N–H and O–H groups in total. The molecule has 1 aromatic carbocycles. The molecule has 0 radical (unpaired) electrons. The van der Waals surface area contributed by atoms with E-state index in [4.69, 9.17) is 0 Å². The lowest BCUT2D eigenvalue weighted by molar-refractivity contribution is 0.613. The van der Waals surface area contributed by atoms with Gasteiger partial charge in [0.2, 0.25) is 0 Å². The van der Waals surface area contributed by atoms with E-state index in [1.807, 2.05) is 0 Å². The first-order valence-electron chi connectivity index (χ1n) is 3.90. The van der Waals surface area contributed by atoms with Crippen molar-refractivity contribution in [1.82, 2.24) is 15.0 Å². The van der Waals surface area contributed by atoms with Gasteiger partial charge in [-0.25, -0.2) is 4.39 Å². The smallest absolute Gasteiger partial charge is 0.128 e. The van der Waals surface area contributed by atoms with Crippen molar-refractivity contribution in [2.45, 2.75) is 6.92 Å². The predicted octanol–water partition coefficient (Wildman–Crippen LogP) is 1.71. The molecule has 0 aliphatic rings. The van der Waals surface area contributed by atoms with Gasteiger partial charge in [-0.1, -0.05) is 6.07 Å². The zero-order valence-electron chi connectivity index (χ0n) is 7.11. The summed E-state index contributed by atoms with van der Waals surface area (Å²) in [6.45, 7) is 1.72. The van der Waals surface area contributed by atoms with E-state index in [1.54, 1.807) is 31.5 Å². The molecular weight excluding hydrogens is 169 g/mol. The molecule has 0 spiro atoms. The number of nitrogens with zero attached hydrogens (tertiary/aromatic N) is 3. The standard InChI is InChI=1S/C9H8FN3/c1-7-2-3-8(6-9(7)10)13-11-4-5-12-13/h2-6H,1H3. The number of benzene rings is 1. The van der Waals surface area contributed by atoms with Gasteiger partial charge in [-0.3, -0.25) is 0 Å². The van der Waals surface area contributed by atoms with Crippen LogP contribution in [0.4, 0.5) is 4.39 Å². The van der Waals surface area contributed by atoms with Gasteiger partial charge in [0, 0.05) is 6.07 Å². The first kappa shape index (κ1) is 7.91. The Morgan fingerprint density at radius 2 is 1.92 bits per heavy atom. The maximum absolute atomic E-state index is 13.1. The van der Waals surface area contributed by atoms with E-state index in [0.717, 1.165) is 0 Å². The molecule has 0 fully saturated rings. The topological polar surface area (TPSA) is 30.7 Å². The summed E-state index contributed by atoms with van der Waals surface area (Å²) >= 11 is 0. The van der Waals surface area contributed by atoms with Gasteiger partial charge in [0.05, 0.1) is 18.1 Å². The second-order valence-corrected chi connectivity index (χ2v) is 2.75. The minimum atomic E-state index is -0.241. The molecule has 0 atom stereocenters. The van der Waals surface area contributed by atoms with Crippen LogP contribution in [-0.4, -0.2) is 15.0 Å². The number of rotatable bonds is 1. The van der Waals surface area contributed by atoms with Crippen molar-refractivity contribution >= 4 is 0 Å². The Morgan fingerprint density at radius 3 is 2.54 bits per heavy atom. The van der Waals surface area contributed by atoms with E-state index in [9.17, 15) is 4.39 Å². The number of hydrogen-bond acceptors (Lipinski definition) is 2. The fourth-order valence-electron chi connectivity index (χ4n) is 1.06. The van der Waals surface area contributed by atoms with Crippen molar-refractivity contribution in [3.63, 3.8) is 0 Å². The number of hydrogen-bond donors (Lipinski definition) is 0. The highest BCUT2D eigenvalue weighted by Gasteiger charge is 2.01. The summed E-state index contributed by atoms with van der Waals surface area (Å²) in [4.78, 5) is 1.38. The Kier molecular flexibility index (Phi) is 1.81. The molecule has 4 heteroatoms. The zero-order valence-corrected chi connectivity index (χ0v) is 7.11. The molecule has 0 saturated heterocycles. The first-order chi connectivity index (χ1) is 6.27. The third kappa shape index (κ3) is 1.42. The van der Waals surface area contributed by atoms with Crippen molar-refractivity contribution < 1.29 is 4.39 Å². The molecule has 0 amide bonds. The van der Waals surface area contributed by atoms with Gasteiger partial charge in [-0.15, -0.1) is 0 Å². The molecule has 0 bridgehead atoms. The van der Waals surface area contributed by atoms with Crippen LogP contribution in [0.5, 0.6) is 0 Å². The predicted molar refractivity (Wildman–Crippen MR) is 46.1 cm³/mol. The molecular formula is C9H8FN3. The Hall–Kier alpha value is -1.71. The number of halogens is 1. The molecule has 3 nitrogen and oxygen atoms in total. The maximum atomic E-state index is 13.1. The molecule has 1 aromatic heterocycles. The second-order valence-electron chi connectivity index (χ2n) is 2.75. The third-order valence-corrected chi connectivity index (χ3v) is 1.81. The van der Waals surface area contributed by atoms with E-state index in [0.29, 0.717) is 11.3 Å². The van der Waals surface area contributed by atoms with Crippen molar-refractivity contribution in [3.05, 3.63) is 42.0 Å². The van der Waals surface area contributed by atoms with Crippen LogP contribution in [0.2, 0.25) is 0 Å². The van der Waals surface area contributed by atoms with Gasteiger partial charge >= 0.3 is 0 Å². The van der Waals surface area contributed by atoms with Crippen LogP contribution in [0.1, 0.15) is 5.56 Å². The summed E-state index contributed by atoms with van der Waals surface area (Å²) in [6.07, 6.45) is 3.11. The monoisotopic (exact) mass is 177 g/mol. The molecule has 1 heterocycles. The summed E-state index contributed by atoms with van der Waals surface area (Å²) in [5.41, 5.74) is 1.25. The molecule has 2 rings (SSSR count). The minimum absolute atomic E-state index is 0.241. The van der Waals surface area contributed by atoms with Gasteiger partial charge in [-0.2, -0.15) is 15.0 Å². The fraction of sp³-hybridized carbons (Fsp3) is 0.111. The first-order valence-corrected chi connectivity index (χ1v) is 3.90. The van der Waals surface area contributed by atoms with Crippen LogP contribution in [0, 0.1) is 12.7 Å². The van der Waals surface area contributed by atoms with Crippen LogP contribution in [-0.2, 0) is 0 Å². The van der Waals surface area contributed by atoms with Crippen molar-refractivity contribution in [2.75, 3.05) is 0 Å². The summed E-state index contributed by atoms with van der Waals surface area (Å²) < 4.78 is 13.1. The highest BCUT2D eigenvalue weighted by Crippen LogP contribution is 2.10. The van der Waals surface area contributed by atoms with Gasteiger partial charge < -0.3 is 0 Å². The van der Waals surface area contributed by atoms with E-state index >= 15 is 0 Å². The summed E-state index contributed by atoms with van der Waals surface area (Å²) in [6, 6.07) is 4.89. The highest BCUT2D eigenvalue weighted by molar-refractivity contribution is 5.33. The highest BCUT2D eigenvalue weighted by atomic mass is 19.1. The normalized spacial score (nSPS) is 10.3. The van der Waals surface area contributed by atoms with Crippen LogP contribution >= 0.6 is 0 Å². The second kappa shape index (κ2) is 2.97. The Balaban J connectivity index is 2.49. The quantitative estimate of drug-likeness (QED) is 0.664. The van der Waals surface area contributed by atoms with Gasteiger partial charge in [0.25, 0.3) is 0 Å². The van der Waals surface area contributed by atoms with E-state index in [2.05, 4.69) is 10.2 Å². The lowest BCUT2D eigenvalue weighted by Gasteiger charge is -2.00. The largest absolute Gasteiger partial charge is 0.207 e. The molecule has 66 valence electrons. The molecule has 13 heavy (non-hydrogen) atoms. The third-order valence-electron chi connectivity index (χ3n) is 1.81. The minimum Gasteiger partial charge on any atom is -0.207 e. The average Bonchev–Trinajstić information content (AvgIpc) is 2.62. The number of aromatic nitrogens is 3. The van der Waals surface area contributed by atoms with Crippen LogP contribution in [0.3, 0.4) is 0 Å². The van der Waals surface area contributed by atoms with Gasteiger partial charge in [0.1, 0.15) is 5.82 Å². The Labute approximate surface area is 74.8 Å². The maximum Gasteiger partial charge on any atom is 0.128 e. The van der Waals surface area contributed by atoms with Crippen molar-refractivity contribution in [3.8, 4) is 5.69 Å². The molecule has 0 unspecified atom stereocenters. The molecule has 2 aromatic rings. The summed E-state index contributed by atoms with van der Waals surface area (Å²) in [5, 5.41) is 7.79. The molecule has 0 aliphatic heterocycles. The molecule has 0 aliphatic carbocycles. The average molecular weight is 177 g/mol. The SMILES string of the molecule is Cc1ccc(-n2nccn2)cc1F. The van der Waals surface area contributed by atoms with Crippen LogP contribution < -0.4 is 0 Å². The fourth-order valence-corrected chi connectivity index (χ4v) is 1.06. The van der Waals surface area contributed by atoms with Gasteiger partial charge in [0.15, 0.2) is 0 Å². The van der Waals surface area contributed by atoms with Crippen LogP contribution in [0.25, 0.3) is 5.69 Å². The van der Waals surface area contributed by atoms with Crippen molar-refractivity contribution in [2.24, 2.45) is 0 Å². The van der Waals surface area contributed by atoms with Crippen LogP contribution in [0.15, 0.2) is 30.6 Å². The van der Waals surface area contributed by atoms with E-state index < -0.39 is 0 Å². The Bertz CT molecular complexity index is 409. The number of aryl methyl sites for hydroxylation is 1.